The average molecular weight is 315 g/mol. The third kappa shape index (κ3) is 2.58. The van der Waals surface area contributed by atoms with E-state index in [1.165, 1.54) is 43.0 Å². The van der Waals surface area contributed by atoms with E-state index in [4.69, 9.17) is 11.6 Å². The molecule has 0 amide bonds. The minimum absolute atomic E-state index is 0.369. The lowest BCUT2D eigenvalue weighted by molar-refractivity contribution is 0.125. The van der Waals surface area contributed by atoms with Gasteiger partial charge < -0.3 is 5.11 Å². The van der Waals surface area contributed by atoms with E-state index in [0.29, 0.717) is 21.7 Å². The van der Waals surface area contributed by atoms with Crippen molar-refractivity contribution in [3.8, 4) is 0 Å². The molecule has 1 heterocycles. The highest BCUT2D eigenvalue weighted by Gasteiger charge is 2.34. The number of halogens is 2. The van der Waals surface area contributed by atoms with Crippen LogP contribution in [0.15, 0.2) is 67.3 Å². The van der Waals surface area contributed by atoms with Crippen LogP contribution in [-0.4, -0.2) is 15.1 Å². The van der Waals surface area contributed by atoms with Crippen LogP contribution in [-0.2, 0) is 5.60 Å². The smallest absolute Gasteiger partial charge is 0.143 e. The summed E-state index contributed by atoms with van der Waals surface area (Å²) in [7, 11) is 0. The summed E-state index contributed by atoms with van der Waals surface area (Å²) in [4.78, 5) is 7.93. The Morgan fingerprint density at radius 1 is 0.818 bits per heavy atom. The Morgan fingerprint density at radius 3 is 1.86 bits per heavy atom. The molecule has 3 nitrogen and oxygen atoms in total. The van der Waals surface area contributed by atoms with Crippen LogP contribution in [0.5, 0.6) is 0 Å². The third-order valence-corrected chi connectivity index (χ3v) is 3.75. The van der Waals surface area contributed by atoms with E-state index in [-0.39, 0.29) is 5.82 Å². The maximum atomic E-state index is 13.2. The fourth-order valence-electron chi connectivity index (χ4n) is 2.37. The molecule has 2 aromatic carbocycles. The highest BCUT2D eigenvalue weighted by atomic mass is 35.5. The first-order valence-electron chi connectivity index (χ1n) is 6.60. The first-order chi connectivity index (χ1) is 10.6. The molecule has 0 unspecified atom stereocenters. The molecule has 22 heavy (non-hydrogen) atoms. The molecule has 3 rings (SSSR count). The molecule has 0 aliphatic rings. The number of rotatable bonds is 3. The van der Waals surface area contributed by atoms with Crippen molar-refractivity contribution in [2.75, 3.05) is 0 Å². The second kappa shape index (κ2) is 5.83. The molecular weight excluding hydrogens is 303 g/mol. The number of nitrogens with zero attached hydrogens (tertiary/aromatic N) is 2. The van der Waals surface area contributed by atoms with Crippen LogP contribution in [0.2, 0.25) is 5.02 Å². The Kier molecular flexibility index (Phi) is 3.88. The minimum atomic E-state index is -1.49. The minimum Gasteiger partial charge on any atom is -0.376 e. The summed E-state index contributed by atoms with van der Waals surface area (Å²) in [6, 6.07) is 12.5. The Balaban J connectivity index is 2.22. The topological polar surface area (TPSA) is 46.0 Å². The van der Waals surface area contributed by atoms with E-state index in [9.17, 15) is 9.50 Å². The number of benzene rings is 2. The SMILES string of the molecule is O[C@](c1ccc(F)cc1)(c1ccc(Cl)cc1)c1cncnc1. The number of hydrogen-bond acceptors (Lipinski definition) is 3. The molecule has 1 atom stereocenters. The normalized spacial score (nSPS) is 13.6. The molecule has 0 radical (unpaired) electrons. The second-order valence-corrected chi connectivity index (χ2v) is 5.29. The van der Waals surface area contributed by atoms with Crippen molar-refractivity contribution in [1.82, 2.24) is 9.97 Å². The van der Waals surface area contributed by atoms with Crippen molar-refractivity contribution < 1.29 is 9.50 Å². The van der Waals surface area contributed by atoms with Gasteiger partial charge in [-0.2, -0.15) is 0 Å². The Labute approximate surface area is 132 Å². The molecule has 0 aliphatic heterocycles. The zero-order chi connectivity index (χ0) is 15.6. The Hall–Kier alpha value is -2.30. The van der Waals surface area contributed by atoms with Gasteiger partial charge in [0.25, 0.3) is 0 Å². The monoisotopic (exact) mass is 314 g/mol. The summed E-state index contributed by atoms with van der Waals surface area (Å²) >= 11 is 5.92. The molecule has 1 aromatic heterocycles. The quantitative estimate of drug-likeness (QED) is 0.804. The summed E-state index contributed by atoms with van der Waals surface area (Å²) in [5, 5.41) is 11.9. The van der Waals surface area contributed by atoms with Crippen LogP contribution in [0.25, 0.3) is 0 Å². The van der Waals surface area contributed by atoms with Gasteiger partial charge in [-0.3, -0.25) is 0 Å². The van der Waals surface area contributed by atoms with Crippen LogP contribution in [0.3, 0.4) is 0 Å². The first-order valence-corrected chi connectivity index (χ1v) is 6.98. The van der Waals surface area contributed by atoms with E-state index >= 15 is 0 Å². The van der Waals surface area contributed by atoms with Gasteiger partial charge in [0.1, 0.15) is 17.7 Å². The van der Waals surface area contributed by atoms with Crippen LogP contribution >= 0.6 is 11.6 Å². The number of aromatic nitrogens is 2. The fraction of sp³-hybridized carbons (Fsp3) is 0.0588. The molecule has 1 N–H and O–H groups in total. The summed E-state index contributed by atoms with van der Waals surface area (Å²) in [6.07, 6.45) is 4.45. The second-order valence-electron chi connectivity index (χ2n) is 4.85. The summed E-state index contributed by atoms with van der Waals surface area (Å²) in [5.41, 5.74) is 0.118. The first kappa shape index (κ1) is 14.6. The van der Waals surface area contributed by atoms with E-state index in [1.807, 2.05) is 0 Å². The molecule has 5 heteroatoms. The van der Waals surface area contributed by atoms with Crippen molar-refractivity contribution >= 4 is 11.6 Å². The van der Waals surface area contributed by atoms with E-state index in [0.717, 1.165) is 0 Å². The van der Waals surface area contributed by atoms with E-state index < -0.39 is 5.60 Å². The molecule has 3 aromatic rings. The number of aliphatic hydroxyl groups is 1. The molecule has 110 valence electrons. The lowest BCUT2D eigenvalue weighted by Crippen LogP contribution is -2.29. The van der Waals surface area contributed by atoms with Gasteiger partial charge in [-0.15, -0.1) is 0 Å². The standard InChI is InChI=1S/C17H12ClFN2O/c18-15-5-1-12(2-6-15)17(22,14-9-20-11-21-10-14)13-3-7-16(19)8-4-13/h1-11,22H/t17-/m0/s1. The number of hydrogen-bond donors (Lipinski definition) is 1. The van der Waals surface area contributed by atoms with Crippen molar-refractivity contribution in [3.63, 3.8) is 0 Å². The largest absolute Gasteiger partial charge is 0.376 e. The van der Waals surface area contributed by atoms with Crippen LogP contribution in [0, 0.1) is 5.82 Å². The molecule has 0 fully saturated rings. The fourth-order valence-corrected chi connectivity index (χ4v) is 2.49. The lowest BCUT2D eigenvalue weighted by Gasteiger charge is -2.29. The van der Waals surface area contributed by atoms with Gasteiger partial charge in [-0.25, -0.2) is 14.4 Å². The Morgan fingerprint density at radius 2 is 1.32 bits per heavy atom. The molecule has 0 saturated carbocycles. The van der Waals surface area contributed by atoms with Crippen molar-refractivity contribution in [2.45, 2.75) is 5.60 Å². The van der Waals surface area contributed by atoms with Crippen LogP contribution < -0.4 is 0 Å². The van der Waals surface area contributed by atoms with Crippen molar-refractivity contribution in [3.05, 3.63) is 94.8 Å². The summed E-state index contributed by atoms with van der Waals surface area (Å²) in [6.45, 7) is 0. The maximum absolute atomic E-state index is 13.2. The van der Waals surface area contributed by atoms with Gasteiger partial charge in [0.05, 0.1) is 0 Å². The molecule has 0 saturated heterocycles. The van der Waals surface area contributed by atoms with Crippen molar-refractivity contribution in [1.29, 1.82) is 0 Å². The molecule has 0 spiro atoms. The van der Waals surface area contributed by atoms with Gasteiger partial charge >= 0.3 is 0 Å². The van der Waals surface area contributed by atoms with E-state index in [1.54, 1.807) is 24.3 Å². The van der Waals surface area contributed by atoms with Gasteiger partial charge in [0, 0.05) is 23.0 Å². The highest BCUT2D eigenvalue weighted by Crippen LogP contribution is 2.36. The van der Waals surface area contributed by atoms with Gasteiger partial charge in [0.15, 0.2) is 0 Å². The molecule has 0 aliphatic carbocycles. The van der Waals surface area contributed by atoms with Gasteiger partial charge in [-0.05, 0) is 35.4 Å². The molecule has 0 bridgehead atoms. The average Bonchev–Trinajstić information content (AvgIpc) is 2.56. The Bertz CT molecular complexity index is 715. The van der Waals surface area contributed by atoms with Gasteiger partial charge in [-0.1, -0.05) is 35.9 Å². The zero-order valence-electron chi connectivity index (χ0n) is 11.4. The van der Waals surface area contributed by atoms with E-state index in [2.05, 4.69) is 9.97 Å². The predicted molar refractivity (Wildman–Crippen MR) is 82.0 cm³/mol. The van der Waals surface area contributed by atoms with Gasteiger partial charge in [0.2, 0.25) is 0 Å². The molecular formula is C17H12ClFN2O. The highest BCUT2D eigenvalue weighted by molar-refractivity contribution is 6.30. The zero-order valence-corrected chi connectivity index (χ0v) is 12.2. The third-order valence-electron chi connectivity index (χ3n) is 3.50. The van der Waals surface area contributed by atoms with Crippen molar-refractivity contribution in [2.24, 2.45) is 0 Å². The maximum Gasteiger partial charge on any atom is 0.143 e. The summed E-state index contributed by atoms with van der Waals surface area (Å²) in [5.74, 6) is -0.369. The lowest BCUT2D eigenvalue weighted by atomic mass is 9.82. The summed E-state index contributed by atoms with van der Waals surface area (Å²) < 4.78 is 13.2. The predicted octanol–water partition coefficient (Wildman–Crippen LogP) is 3.55. The van der Waals surface area contributed by atoms with Crippen LogP contribution in [0.4, 0.5) is 4.39 Å². The van der Waals surface area contributed by atoms with Crippen LogP contribution in [0.1, 0.15) is 16.7 Å².